The molecule has 0 saturated carbocycles. The van der Waals surface area contributed by atoms with E-state index in [1.54, 1.807) is 0 Å². The normalized spacial score (nSPS) is 7.40. The lowest BCUT2D eigenvalue weighted by molar-refractivity contribution is 0.605. The van der Waals surface area contributed by atoms with Crippen molar-refractivity contribution in [3.05, 3.63) is 19.3 Å². The van der Waals surface area contributed by atoms with Crippen LogP contribution in [-0.2, 0) is 0 Å². The molecule has 0 aromatic heterocycles. The summed E-state index contributed by atoms with van der Waals surface area (Å²) in [5.41, 5.74) is 0. The zero-order chi connectivity index (χ0) is 4.12. The van der Waals surface area contributed by atoms with Crippen LogP contribution >= 0.6 is 0 Å². The van der Waals surface area contributed by atoms with E-state index in [9.17, 15) is 4.39 Å². The zero-order valence-corrected chi connectivity index (χ0v) is 2.95. The molecule has 5 heavy (non-hydrogen) atoms. The van der Waals surface area contributed by atoms with Crippen molar-refractivity contribution < 1.29 is 4.39 Å². The van der Waals surface area contributed by atoms with E-state index < -0.39 is 0 Å². The molecule has 0 bridgehead atoms. The van der Waals surface area contributed by atoms with Gasteiger partial charge in [0.1, 0.15) is 6.67 Å². The van der Waals surface area contributed by atoms with Crippen LogP contribution in [-0.4, -0.2) is 0 Å². The van der Waals surface area contributed by atoms with Crippen LogP contribution in [0, 0.1) is 6.67 Å². The molecular formula is C4H6F. The lowest BCUT2D eigenvalue weighted by Crippen LogP contribution is -1.51. The first kappa shape index (κ1) is 4.67. The molecular weight excluding hydrogens is 67.0 g/mol. The standard InChI is InChI=1S/C4H6F/c1-2-3-4-5/h2,4H,1,3H2. The molecule has 0 aromatic carbocycles. The Morgan fingerprint density at radius 2 is 2.40 bits per heavy atom. The highest BCUT2D eigenvalue weighted by atomic mass is 19.1. The predicted molar refractivity (Wildman–Crippen MR) is 20.2 cm³/mol. The molecule has 0 unspecified atom stereocenters. The number of rotatable bonds is 2. The van der Waals surface area contributed by atoms with Gasteiger partial charge in [-0.1, -0.05) is 6.08 Å². The van der Waals surface area contributed by atoms with Gasteiger partial charge in [-0.05, 0) is 6.42 Å². The van der Waals surface area contributed by atoms with E-state index in [4.69, 9.17) is 0 Å². The lowest BCUT2D eigenvalue weighted by atomic mass is 10.5. The van der Waals surface area contributed by atoms with Crippen LogP contribution in [0.2, 0.25) is 0 Å². The average Bonchev–Trinajstić information content (AvgIpc) is 1.41. The minimum atomic E-state index is 0.361. The third kappa shape index (κ3) is 3.67. The second-order valence-corrected chi connectivity index (χ2v) is 0.679. The van der Waals surface area contributed by atoms with Gasteiger partial charge in [-0.15, -0.1) is 6.58 Å². The Hall–Kier alpha value is -0.330. The molecule has 1 radical (unpaired) electrons. The highest BCUT2D eigenvalue weighted by Crippen LogP contribution is 1.83. The van der Waals surface area contributed by atoms with Gasteiger partial charge in [-0.2, -0.15) is 0 Å². The molecule has 0 spiro atoms. The van der Waals surface area contributed by atoms with Crippen molar-refractivity contribution in [2.24, 2.45) is 0 Å². The third-order valence-corrected chi connectivity index (χ3v) is 0.256. The summed E-state index contributed by atoms with van der Waals surface area (Å²) in [6, 6.07) is 0. The van der Waals surface area contributed by atoms with E-state index in [0.717, 1.165) is 0 Å². The summed E-state index contributed by atoms with van der Waals surface area (Å²) in [6.45, 7) is 3.84. The summed E-state index contributed by atoms with van der Waals surface area (Å²) in [4.78, 5) is 0. The Bertz CT molecular complexity index is 24.8. The summed E-state index contributed by atoms with van der Waals surface area (Å²) in [7, 11) is 0. The highest BCUT2D eigenvalue weighted by molar-refractivity contribution is 4.69. The molecule has 0 amide bonds. The van der Waals surface area contributed by atoms with E-state index in [1.807, 2.05) is 0 Å². The fourth-order valence-electron chi connectivity index (χ4n) is 0.0630. The van der Waals surface area contributed by atoms with E-state index in [2.05, 4.69) is 6.58 Å². The number of allylic oxidation sites excluding steroid dienone is 1. The number of hydrogen-bond acceptors (Lipinski definition) is 0. The smallest absolute Gasteiger partial charge is 0.135 e. The maximum Gasteiger partial charge on any atom is 0.135 e. The lowest BCUT2D eigenvalue weighted by Gasteiger charge is -1.68. The van der Waals surface area contributed by atoms with Crippen molar-refractivity contribution >= 4 is 0 Å². The van der Waals surface area contributed by atoms with E-state index in [1.165, 1.54) is 6.08 Å². The fraction of sp³-hybridized carbons (Fsp3) is 0.250. The van der Waals surface area contributed by atoms with Crippen LogP contribution in [0.15, 0.2) is 12.7 Å². The largest absolute Gasteiger partial charge is 0.244 e. The van der Waals surface area contributed by atoms with Gasteiger partial charge in [0.25, 0.3) is 0 Å². The molecule has 0 nitrogen and oxygen atoms in total. The monoisotopic (exact) mass is 73.0 g/mol. The van der Waals surface area contributed by atoms with Crippen LogP contribution in [0.25, 0.3) is 0 Å². The quantitative estimate of drug-likeness (QED) is 0.436. The fourth-order valence-corrected chi connectivity index (χ4v) is 0.0630. The minimum Gasteiger partial charge on any atom is -0.244 e. The van der Waals surface area contributed by atoms with Crippen molar-refractivity contribution in [2.45, 2.75) is 6.42 Å². The summed E-state index contributed by atoms with van der Waals surface area (Å²) < 4.78 is 10.8. The van der Waals surface area contributed by atoms with Crippen molar-refractivity contribution in [1.29, 1.82) is 0 Å². The summed E-state index contributed by atoms with van der Waals surface area (Å²) in [6.07, 6.45) is 1.86. The van der Waals surface area contributed by atoms with Gasteiger partial charge in [-0.3, -0.25) is 0 Å². The van der Waals surface area contributed by atoms with Crippen LogP contribution in [0.1, 0.15) is 6.42 Å². The van der Waals surface area contributed by atoms with Crippen molar-refractivity contribution in [1.82, 2.24) is 0 Å². The van der Waals surface area contributed by atoms with Crippen molar-refractivity contribution in [3.63, 3.8) is 0 Å². The first-order valence-corrected chi connectivity index (χ1v) is 1.44. The SMILES string of the molecule is C=CC[CH]F. The number of halogens is 1. The minimum absolute atomic E-state index is 0.361. The summed E-state index contributed by atoms with van der Waals surface area (Å²) in [5, 5.41) is 0. The van der Waals surface area contributed by atoms with Gasteiger partial charge in [0.2, 0.25) is 0 Å². The van der Waals surface area contributed by atoms with Gasteiger partial charge < -0.3 is 0 Å². The molecule has 0 aliphatic carbocycles. The van der Waals surface area contributed by atoms with Crippen LogP contribution in [0.5, 0.6) is 0 Å². The first-order valence-electron chi connectivity index (χ1n) is 1.44. The Morgan fingerprint density at radius 3 is 2.40 bits per heavy atom. The molecule has 0 atom stereocenters. The van der Waals surface area contributed by atoms with E-state index in [-0.39, 0.29) is 0 Å². The van der Waals surface area contributed by atoms with Gasteiger partial charge in [-0.25, -0.2) is 4.39 Å². The molecule has 0 N–H and O–H groups in total. The van der Waals surface area contributed by atoms with E-state index >= 15 is 0 Å². The Morgan fingerprint density at radius 1 is 1.80 bits per heavy atom. The Labute approximate surface area is 31.3 Å². The van der Waals surface area contributed by atoms with Crippen LogP contribution in [0.3, 0.4) is 0 Å². The molecule has 0 rings (SSSR count). The molecule has 1 heteroatoms. The Balaban J connectivity index is 2.40. The third-order valence-electron chi connectivity index (χ3n) is 0.256. The number of hydrogen-bond donors (Lipinski definition) is 0. The molecule has 0 fully saturated rings. The molecule has 0 aromatic rings. The first-order chi connectivity index (χ1) is 2.41. The van der Waals surface area contributed by atoms with Gasteiger partial charge in [0, 0.05) is 0 Å². The topological polar surface area (TPSA) is 0 Å². The average molecular weight is 73.1 g/mol. The summed E-state index contributed by atoms with van der Waals surface area (Å²) in [5.74, 6) is 0. The second kappa shape index (κ2) is 3.67. The van der Waals surface area contributed by atoms with Gasteiger partial charge in [0.05, 0.1) is 0 Å². The van der Waals surface area contributed by atoms with Crippen molar-refractivity contribution in [3.8, 4) is 0 Å². The van der Waals surface area contributed by atoms with Gasteiger partial charge in [0.15, 0.2) is 0 Å². The van der Waals surface area contributed by atoms with E-state index in [0.29, 0.717) is 13.1 Å². The molecule has 0 aliphatic rings. The van der Waals surface area contributed by atoms with Crippen LogP contribution in [0.4, 0.5) is 4.39 Å². The zero-order valence-electron chi connectivity index (χ0n) is 2.95. The molecule has 0 heterocycles. The Kier molecular flexibility index (Phi) is 3.43. The highest BCUT2D eigenvalue weighted by Gasteiger charge is 1.67. The van der Waals surface area contributed by atoms with Gasteiger partial charge >= 0.3 is 0 Å². The molecule has 0 saturated heterocycles. The van der Waals surface area contributed by atoms with Crippen LogP contribution < -0.4 is 0 Å². The van der Waals surface area contributed by atoms with Crippen molar-refractivity contribution in [2.75, 3.05) is 0 Å². The second-order valence-electron chi connectivity index (χ2n) is 0.679. The summed E-state index contributed by atoms with van der Waals surface area (Å²) >= 11 is 0. The maximum atomic E-state index is 10.8. The predicted octanol–water partition coefficient (Wildman–Crippen LogP) is 1.69. The molecule has 0 aliphatic heterocycles. The maximum absolute atomic E-state index is 10.8. The molecule has 29 valence electrons.